The van der Waals surface area contributed by atoms with Crippen LogP contribution < -0.4 is 16.2 Å². The topological polar surface area (TPSA) is 91.2 Å². The quantitative estimate of drug-likeness (QED) is 0.808. The fraction of sp³-hybridized carbons (Fsp3) is 0.500. The Morgan fingerprint density at radius 2 is 2.24 bits per heavy atom. The van der Waals surface area contributed by atoms with Gasteiger partial charge < -0.3 is 16.2 Å². The summed E-state index contributed by atoms with van der Waals surface area (Å²) in [5.41, 5.74) is 12.2. The van der Waals surface area contributed by atoms with Gasteiger partial charge >= 0.3 is 0 Å². The summed E-state index contributed by atoms with van der Waals surface area (Å²) >= 11 is 0. The van der Waals surface area contributed by atoms with Gasteiger partial charge in [-0.2, -0.15) is 0 Å². The first-order chi connectivity index (χ1) is 8.06. The number of hydrogen-bond acceptors (Lipinski definition) is 4. The molecule has 1 aromatic rings. The number of amides is 1. The Balaban J connectivity index is 2.19. The van der Waals surface area contributed by atoms with Crippen molar-refractivity contribution in [3.05, 3.63) is 23.4 Å². The van der Waals surface area contributed by atoms with Crippen LogP contribution in [0, 0.1) is 6.92 Å². The second kappa shape index (κ2) is 4.71. The summed E-state index contributed by atoms with van der Waals surface area (Å²) < 4.78 is 5.73. The molecule has 2 unspecified atom stereocenters. The maximum atomic E-state index is 11.2. The first kappa shape index (κ1) is 11.9. The van der Waals surface area contributed by atoms with Crippen molar-refractivity contribution in [1.82, 2.24) is 4.98 Å². The van der Waals surface area contributed by atoms with Gasteiger partial charge in [0.1, 0.15) is 11.7 Å². The van der Waals surface area contributed by atoms with Crippen LogP contribution in [0.5, 0.6) is 5.88 Å². The third-order valence-electron chi connectivity index (χ3n) is 2.97. The van der Waals surface area contributed by atoms with Crippen LogP contribution in [0.15, 0.2) is 12.1 Å². The van der Waals surface area contributed by atoms with E-state index in [1.807, 2.05) is 6.92 Å². The van der Waals surface area contributed by atoms with Gasteiger partial charge in [-0.1, -0.05) is 0 Å². The van der Waals surface area contributed by atoms with Crippen LogP contribution in [-0.2, 0) is 0 Å². The van der Waals surface area contributed by atoms with Gasteiger partial charge in [-0.3, -0.25) is 4.79 Å². The minimum atomic E-state index is -0.519. The first-order valence-electron chi connectivity index (χ1n) is 5.76. The Kier molecular flexibility index (Phi) is 3.28. The minimum Gasteiger partial charge on any atom is -0.474 e. The lowest BCUT2D eigenvalue weighted by atomic mass is 10.2. The Labute approximate surface area is 100 Å². The lowest BCUT2D eigenvalue weighted by Gasteiger charge is -2.14. The van der Waals surface area contributed by atoms with Crippen molar-refractivity contribution in [3.8, 4) is 5.88 Å². The predicted octanol–water partition coefficient (Wildman–Crippen LogP) is 0.748. The number of aryl methyl sites for hydroxylation is 1. The highest BCUT2D eigenvalue weighted by Gasteiger charge is 2.25. The Morgan fingerprint density at radius 3 is 2.82 bits per heavy atom. The van der Waals surface area contributed by atoms with E-state index in [0.29, 0.717) is 11.4 Å². The molecule has 5 heteroatoms. The number of carbonyl (C=O) groups excluding carboxylic acids is 1. The van der Waals surface area contributed by atoms with Gasteiger partial charge in [0.15, 0.2) is 0 Å². The maximum Gasteiger partial charge on any atom is 0.254 e. The Hall–Kier alpha value is -1.62. The van der Waals surface area contributed by atoms with Gasteiger partial charge in [-0.15, -0.1) is 0 Å². The molecule has 0 aliphatic heterocycles. The SMILES string of the molecule is Cc1ccc(C(N)=O)c(OC2CCC(N)C2)n1. The summed E-state index contributed by atoms with van der Waals surface area (Å²) in [6, 6.07) is 3.57. The molecule has 0 radical (unpaired) electrons. The molecule has 1 amide bonds. The van der Waals surface area contributed by atoms with Crippen molar-refractivity contribution in [2.75, 3.05) is 0 Å². The molecule has 0 bridgehead atoms. The molecule has 0 aromatic carbocycles. The second-order valence-electron chi connectivity index (χ2n) is 4.48. The average molecular weight is 235 g/mol. The molecule has 1 saturated carbocycles. The van der Waals surface area contributed by atoms with Gasteiger partial charge in [-0.05, 0) is 38.3 Å². The largest absolute Gasteiger partial charge is 0.474 e. The van der Waals surface area contributed by atoms with Gasteiger partial charge in [0.2, 0.25) is 5.88 Å². The number of aromatic nitrogens is 1. The average Bonchev–Trinajstić information content (AvgIpc) is 2.63. The number of pyridine rings is 1. The molecular weight excluding hydrogens is 218 g/mol. The number of ether oxygens (including phenoxy) is 1. The smallest absolute Gasteiger partial charge is 0.254 e. The summed E-state index contributed by atoms with van der Waals surface area (Å²) in [6.45, 7) is 1.85. The van der Waals surface area contributed by atoms with Crippen LogP contribution in [-0.4, -0.2) is 23.0 Å². The molecule has 5 nitrogen and oxygen atoms in total. The molecule has 0 spiro atoms. The second-order valence-corrected chi connectivity index (χ2v) is 4.48. The number of carbonyl (C=O) groups is 1. The number of nitrogens with zero attached hydrogens (tertiary/aromatic N) is 1. The van der Waals surface area contributed by atoms with Gasteiger partial charge in [0.05, 0.1) is 0 Å². The van der Waals surface area contributed by atoms with Crippen LogP contribution in [0.2, 0.25) is 0 Å². The molecule has 2 rings (SSSR count). The maximum absolute atomic E-state index is 11.2. The highest BCUT2D eigenvalue weighted by molar-refractivity contribution is 5.95. The Morgan fingerprint density at radius 1 is 1.47 bits per heavy atom. The van der Waals surface area contributed by atoms with Gasteiger partial charge in [0, 0.05) is 11.7 Å². The number of hydrogen-bond donors (Lipinski definition) is 2. The van der Waals surface area contributed by atoms with Crippen molar-refractivity contribution >= 4 is 5.91 Å². The summed E-state index contributed by atoms with van der Waals surface area (Å²) in [6.07, 6.45) is 2.68. The van der Waals surface area contributed by atoms with Crippen LogP contribution in [0.4, 0.5) is 0 Å². The van der Waals surface area contributed by atoms with E-state index in [-0.39, 0.29) is 12.1 Å². The number of primary amides is 1. The van der Waals surface area contributed by atoms with E-state index in [4.69, 9.17) is 16.2 Å². The first-order valence-corrected chi connectivity index (χ1v) is 5.76. The van der Waals surface area contributed by atoms with Gasteiger partial charge in [0.25, 0.3) is 5.91 Å². The molecule has 92 valence electrons. The third kappa shape index (κ3) is 2.74. The predicted molar refractivity (Wildman–Crippen MR) is 63.7 cm³/mol. The van der Waals surface area contributed by atoms with Crippen molar-refractivity contribution in [2.45, 2.75) is 38.3 Å². The van der Waals surface area contributed by atoms with Crippen molar-refractivity contribution in [1.29, 1.82) is 0 Å². The zero-order chi connectivity index (χ0) is 12.4. The molecule has 17 heavy (non-hydrogen) atoms. The fourth-order valence-electron chi connectivity index (χ4n) is 2.05. The van der Waals surface area contributed by atoms with E-state index in [1.165, 1.54) is 0 Å². The number of nitrogens with two attached hydrogens (primary N) is 2. The lowest BCUT2D eigenvalue weighted by Crippen LogP contribution is -2.21. The molecule has 2 atom stereocenters. The van der Waals surface area contributed by atoms with E-state index in [1.54, 1.807) is 12.1 Å². The van der Waals surface area contributed by atoms with Crippen LogP contribution in [0.3, 0.4) is 0 Å². The van der Waals surface area contributed by atoms with Gasteiger partial charge in [-0.25, -0.2) is 4.98 Å². The normalized spacial score (nSPS) is 23.6. The molecule has 1 fully saturated rings. The molecular formula is C12H17N3O2. The monoisotopic (exact) mass is 235 g/mol. The molecule has 1 aliphatic carbocycles. The van der Waals surface area contributed by atoms with Crippen molar-refractivity contribution in [3.63, 3.8) is 0 Å². The highest BCUT2D eigenvalue weighted by atomic mass is 16.5. The summed E-state index contributed by atoms with van der Waals surface area (Å²) in [5.74, 6) is -0.189. The van der Waals surface area contributed by atoms with Crippen LogP contribution in [0.1, 0.15) is 35.3 Å². The van der Waals surface area contributed by atoms with Crippen LogP contribution in [0.25, 0.3) is 0 Å². The third-order valence-corrected chi connectivity index (χ3v) is 2.97. The van der Waals surface area contributed by atoms with Crippen molar-refractivity contribution < 1.29 is 9.53 Å². The zero-order valence-corrected chi connectivity index (χ0v) is 9.85. The molecule has 1 aliphatic rings. The van der Waals surface area contributed by atoms with E-state index in [9.17, 15) is 4.79 Å². The van der Waals surface area contributed by atoms with E-state index in [0.717, 1.165) is 25.0 Å². The molecule has 1 heterocycles. The molecule has 4 N–H and O–H groups in total. The van der Waals surface area contributed by atoms with E-state index < -0.39 is 5.91 Å². The summed E-state index contributed by atoms with van der Waals surface area (Å²) in [7, 11) is 0. The molecule has 1 aromatic heterocycles. The zero-order valence-electron chi connectivity index (χ0n) is 9.85. The standard InChI is InChI=1S/C12H17N3O2/c1-7-2-5-10(11(14)16)12(15-7)17-9-4-3-8(13)6-9/h2,5,8-9H,3-4,6,13H2,1H3,(H2,14,16). The van der Waals surface area contributed by atoms with E-state index in [2.05, 4.69) is 4.98 Å². The van der Waals surface area contributed by atoms with E-state index >= 15 is 0 Å². The minimum absolute atomic E-state index is 0.0393. The lowest BCUT2D eigenvalue weighted by molar-refractivity contribution is 0.0991. The summed E-state index contributed by atoms with van der Waals surface area (Å²) in [4.78, 5) is 15.5. The highest BCUT2D eigenvalue weighted by Crippen LogP contribution is 2.24. The summed E-state index contributed by atoms with van der Waals surface area (Å²) in [5, 5.41) is 0. The molecule has 0 saturated heterocycles. The van der Waals surface area contributed by atoms with Crippen molar-refractivity contribution in [2.24, 2.45) is 11.5 Å². The van der Waals surface area contributed by atoms with Crippen LogP contribution >= 0.6 is 0 Å². The number of rotatable bonds is 3. The Bertz CT molecular complexity index is 434. The fourth-order valence-corrected chi connectivity index (χ4v) is 2.05.